The number of carbonyl (C=O) groups excluding carboxylic acids is 1. The van der Waals surface area contributed by atoms with Gasteiger partial charge >= 0.3 is 0 Å². The number of nitrogens with zero attached hydrogens (tertiary/aromatic N) is 4. The van der Waals surface area contributed by atoms with Gasteiger partial charge in [0.15, 0.2) is 19.7 Å². The summed E-state index contributed by atoms with van der Waals surface area (Å²) >= 11 is 0. The molecule has 136 heavy (non-hydrogen) atoms. The summed E-state index contributed by atoms with van der Waals surface area (Å²) in [6, 6.07) is 45.7. The molecular formula is C90H130Cl2N14O20S8Y2-2. The van der Waals surface area contributed by atoms with Gasteiger partial charge in [0.1, 0.15) is 19.9 Å². The van der Waals surface area contributed by atoms with Crippen molar-refractivity contribution >= 4 is 186 Å². The van der Waals surface area contributed by atoms with Gasteiger partial charge in [-0.25, -0.2) is 63.1 Å². The second-order valence-electron chi connectivity index (χ2n) is 37.3. The van der Waals surface area contributed by atoms with Crippen LogP contribution in [0.5, 0.6) is 0 Å². The molecule has 18 N–H and O–H groups in total. The number of hydrogen-bond donors (Lipinski definition) is 10. The average molecular weight is 2230 g/mol. The zero-order chi connectivity index (χ0) is 103. The molecule has 0 aromatic heterocycles. The Labute approximate surface area is 866 Å². The van der Waals surface area contributed by atoms with E-state index in [-0.39, 0.29) is 126 Å². The standard InChI is InChI=1S/C13H18N2O4S2.C13H20N2O2S.C12H18N2O2S.C12H19NO2S.C12H17O2S.C8H11N3O.C7H8N.C6H5N3O4.C4H9ClOS.C3H5ClO2S.2Y/c14-10-5-9(8-20(16,17)12-1-2-12)6-11(7-10)15-21(18,19)13-3-4-13;1-13(2,3)18(16,17)15-8-4-5-10-6-7-11(14)9-12(10)15;1-12(2,3)17(15,16)14-7-6-9-4-5-10(13)8-11(9)14;1-9-5-6-11(13)7-10(9)8-16(14,15)12(2,3)4;1-10-7-5-6-8-11(10)9-15(13,14)12(2,3)4;1-5(12)11-8-3-6(9)2-7(10)4-8;1-6-4-2-3-5-7(6)8;7-4-1-5(8(10)11)3-6(2-4)9(12)13;1-4(2,3)7(5)6;4-7(5,6)3-1-2-3;;/h5-7,12-13,15H,1-4,8,14H2;6-7,9H,4-5,8,14H2,1-3H3;4-5,8H,6-7,13H2,1-3H3;5-7H,8,13H2,1-4H3;5,7-8H,9H2,1-4H3;2-4H,9-10H2,1H3,(H,11,12);2,4-5H,8H2,1H3;1-3H,7H2;1-3H3;3H,1-2H2;;/q;;;;-1;;-1;;;;;. The van der Waals surface area contributed by atoms with Crippen molar-refractivity contribution in [1.82, 2.24) is 0 Å². The minimum Gasteiger partial charge on any atom is -0.449 e. The van der Waals surface area contributed by atoms with Gasteiger partial charge < -0.3 is 51.2 Å². The molecule has 0 spiro atoms. The fraction of sp³-hybridized carbons (Fsp3) is 0.456. The quantitative estimate of drug-likeness (QED) is 0.0141. The van der Waals surface area contributed by atoms with Crippen LogP contribution in [0, 0.1) is 53.1 Å². The summed E-state index contributed by atoms with van der Waals surface area (Å²) < 4.78 is 179. The number of nitrogens with two attached hydrogens (primary N) is 8. The van der Waals surface area contributed by atoms with Gasteiger partial charge in [-0.05, 0) is 280 Å². The second-order valence-corrected chi connectivity index (χ2v) is 57.6. The molecular weight excluding hydrogens is 2100 g/mol. The Morgan fingerprint density at radius 1 is 0.463 bits per heavy atom. The molecule has 0 bridgehead atoms. The first-order valence-corrected chi connectivity index (χ1v) is 55.9. The SMILES string of the molecule is CC(=O)Nc1cc(N)cc(N)c1.CC(C)(C)S(=O)(=O)N1CCCc2ccc(N)cc21.CC(C)(C)S(=O)(=O)N1CCc2ccc(N)cc21.CC(C)(C)S(=O)Cl.Cc1cc[c-]cc1CS(=O)(=O)C(C)(C)C.Cc1cc[c-]cc1N.Cc1ccc(N)cc1CS(=O)(=O)C(C)(C)C.Nc1cc(CS(=O)(=O)C2CC2)cc(NS(=O)(=O)C2CC2)c1.Nc1cc([N+](=O)[O-])cc([N+](=O)[O-])c1.O=S(=O)(Cl)C1CC1.[Y].[Y]. The number of aryl methyl sites for hydroxylation is 4. The molecule has 34 nitrogen and oxygen atoms in total. The summed E-state index contributed by atoms with van der Waals surface area (Å²) in [6.45, 7) is 34.4. The molecule has 1 unspecified atom stereocenters. The maximum Gasteiger partial charge on any atom is 0.278 e. The topological polar surface area (TPSA) is 598 Å². The maximum atomic E-state index is 12.6. The third kappa shape index (κ3) is 40.6. The van der Waals surface area contributed by atoms with Crippen LogP contribution >= 0.6 is 21.4 Å². The smallest absolute Gasteiger partial charge is 0.278 e. The van der Waals surface area contributed by atoms with Crippen molar-refractivity contribution in [2.24, 2.45) is 0 Å². The molecule has 1 amide bonds. The monoisotopic (exact) mass is 2230 g/mol. The molecule has 8 aromatic carbocycles. The molecule has 8 aromatic rings. The molecule has 1 atom stereocenters. The molecule has 2 heterocycles. The molecule has 3 saturated carbocycles. The van der Waals surface area contributed by atoms with Crippen LogP contribution in [0.2, 0.25) is 0 Å². The summed E-state index contributed by atoms with van der Waals surface area (Å²) in [6.07, 6.45) is 6.79. The number of halogens is 2. The van der Waals surface area contributed by atoms with Crippen LogP contribution in [0.25, 0.3) is 0 Å². The summed E-state index contributed by atoms with van der Waals surface area (Å²) in [7, 11) is -13.7. The van der Waals surface area contributed by atoms with Gasteiger partial charge in [-0.1, -0.05) is 37.7 Å². The molecule has 0 saturated heterocycles. The number of nitro groups is 2. The van der Waals surface area contributed by atoms with E-state index in [2.05, 4.69) is 22.2 Å². The first kappa shape index (κ1) is 124. The largest absolute Gasteiger partial charge is 0.449 e. The van der Waals surface area contributed by atoms with Crippen LogP contribution in [0.4, 0.5) is 79.6 Å². The number of benzene rings is 8. The number of amides is 1. The number of nitro benzene ring substituents is 2. The third-order valence-corrected chi connectivity index (χ3v) is 38.8. The van der Waals surface area contributed by atoms with Crippen molar-refractivity contribution in [3.8, 4) is 0 Å². The Bertz CT molecular complexity index is 6230. The minimum atomic E-state index is -3.38. The summed E-state index contributed by atoms with van der Waals surface area (Å²) in [5.41, 5.74) is 57.7. The van der Waals surface area contributed by atoms with Gasteiger partial charge in [0.2, 0.25) is 45.0 Å². The summed E-state index contributed by atoms with van der Waals surface area (Å²) in [5.74, 6) is -0.0894. The Hall–Kier alpha value is -7.58. The summed E-state index contributed by atoms with van der Waals surface area (Å²) in [4.78, 5) is 29.7. The number of nitrogen functional groups attached to an aromatic ring is 8. The molecule has 3 fully saturated rings. The van der Waals surface area contributed by atoms with Crippen LogP contribution in [0.3, 0.4) is 0 Å². The van der Waals surface area contributed by atoms with Gasteiger partial charge in [-0.15, -0.1) is 11.1 Å². The van der Waals surface area contributed by atoms with Crippen LogP contribution in [0.1, 0.15) is 200 Å². The van der Waals surface area contributed by atoms with E-state index in [0.717, 1.165) is 106 Å². The second kappa shape index (κ2) is 51.2. The maximum absolute atomic E-state index is 12.6. The molecule has 750 valence electrons. The summed E-state index contributed by atoms with van der Waals surface area (Å²) in [5, 5.41) is 22.3. The zero-order valence-corrected chi connectivity index (χ0v) is 94.0. The first-order chi connectivity index (χ1) is 61.0. The van der Waals surface area contributed by atoms with Crippen molar-refractivity contribution in [3.63, 3.8) is 0 Å². The minimum absolute atomic E-state index is 0. The predicted molar refractivity (Wildman–Crippen MR) is 548 cm³/mol. The van der Waals surface area contributed by atoms with Gasteiger partial charge in [0, 0.05) is 159 Å². The number of sulfonamides is 3. The van der Waals surface area contributed by atoms with Crippen molar-refractivity contribution in [2.45, 2.75) is 246 Å². The average Bonchev–Trinajstić information content (AvgIpc) is 1.43. The van der Waals surface area contributed by atoms with Gasteiger partial charge in [0.25, 0.3) is 11.4 Å². The fourth-order valence-electron chi connectivity index (χ4n) is 11.4. The van der Waals surface area contributed by atoms with Gasteiger partial charge in [0.05, 0.1) is 84.0 Å². The Balaban J connectivity index is 0.000000518. The van der Waals surface area contributed by atoms with Crippen LogP contribution in [-0.2, 0) is 179 Å². The van der Waals surface area contributed by atoms with E-state index in [1.54, 1.807) is 156 Å². The molecule has 46 heteroatoms. The number of anilines is 12. The van der Waals surface area contributed by atoms with Crippen molar-refractivity contribution in [1.29, 1.82) is 0 Å². The molecule has 2 aliphatic heterocycles. The van der Waals surface area contributed by atoms with E-state index >= 15 is 0 Å². The zero-order valence-electron chi connectivity index (χ0n) is 80.2. The van der Waals surface area contributed by atoms with E-state index < -0.39 is 107 Å². The molecule has 13 rings (SSSR count). The van der Waals surface area contributed by atoms with E-state index in [0.29, 0.717) is 89.8 Å². The van der Waals surface area contributed by atoms with Crippen LogP contribution < -0.4 is 64.5 Å². The number of carbonyl (C=O) groups is 1. The number of sulfone groups is 3. The molecule has 2 radical (unpaired) electrons. The fourth-order valence-corrected chi connectivity index (χ4v) is 20.9. The Morgan fingerprint density at radius 2 is 0.853 bits per heavy atom. The van der Waals surface area contributed by atoms with Gasteiger partial charge in [-0.2, -0.15) is 54.1 Å². The van der Waals surface area contributed by atoms with E-state index in [9.17, 15) is 88.2 Å². The van der Waals surface area contributed by atoms with Crippen molar-refractivity contribution < 1.29 is 143 Å². The van der Waals surface area contributed by atoms with E-state index in [1.807, 2.05) is 90.1 Å². The number of nitrogens with one attached hydrogen (secondary N) is 2. The van der Waals surface area contributed by atoms with Crippen molar-refractivity contribution in [2.75, 3.05) is 77.6 Å². The van der Waals surface area contributed by atoms with Gasteiger partial charge in [-0.3, -0.25) is 38.4 Å². The normalized spacial score (nSPS) is 14.4. The van der Waals surface area contributed by atoms with Crippen LogP contribution in [-0.4, -0.2) is 131 Å². The van der Waals surface area contributed by atoms with E-state index in [1.165, 1.54) is 21.6 Å². The Kier molecular flexibility index (Phi) is 46.9. The number of fused-ring (bicyclic) bond motifs is 2. The van der Waals surface area contributed by atoms with Crippen molar-refractivity contribution in [3.05, 3.63) is 222 Å². The molecule has 3 aliphatic carbocycles. The predicted octanol–water partition coefficient (Wildman–Crippen LogP) is 15.6. The van der Waals surface area contributed by atoms with Crippen LogP contribution in [0.15, 0.2) is 146 Å². The third-order valence-electron chi connectivity index (χ3n) is 20.2. The number of hydrogen-bond acceptors (Lipinski definition) is 28. The molecule has 5 aliphatic rings. The van der Waals surface area contributed by atoms with E-state index in [4.69, 9.17) is 67.2 Å². The number of non-ortho nitro benzene ring substituents is 2. The number of rotatable bonds is 16. The first-order valence-electron chi connectivity index (χ1n) is 42.1. The Morgan fingerprint density at radius 3 is 1.24 bits per heavy atom.